The Bertz CT molecular complexity index is 584. The fourth-order valence-corrected chi connectivity index (χ4v) is 2.73. The molecule has 2 aromatic rings. The molecule has 3 rings (SSSR count). The SMILES string of the molecule is O=C(O)c1cccc2c1c(Br)cn2C1CC1. The predicted octanol–water partition coefficient (Wildman–Crippen LogP) is 3.44. The van der Waals surface area contributed by atoms with E-state index in [1.807, 2.05) is 12.3 Å². The van der Waals surface area contributed by atoms with Gasteiger partial charge >= 0.3 is 5.97 Å². The van der Waals surface area contributed by atoms with Crippen LogP contribution in [0.25, 0.3) is 10.9 Å². The highest BCUT2D eigenvalue weighted by atomic mass is 79.9. The largest absolute Gasteiger partial charge is 0.478 e. The quantitative estimate of drug-likeness (QED) is 0.915. The van der Waals surface area contributed by atoms with Crippen LogP contribution in [0.3, 0.4) is 0 Å². The molecule has 1 aromatic carbocycles. The van der Waals surface area contributed by atoms with Crippen molar-refractivity contribution < 1.29 is 9.90 Å². The van der Waals surface area contributed by atoms with Gasteiger partial charge < -0.3 is 9.67 Å². The summed E-state index contributed by atoms with van der Waals surface area (Å²) in [4.78, 5) is 11.1. The lowest BCUT2D eigenvalue weighted by Gasteiger charge is -2.02. The number of carboxylic acid groups (broad SMARTS) is 1. The van der Waals surface area contributed by atoms with E-state index in [0.717, 1.165) is 15.4 Å². The third-order valence-electron chi connectivity index (χ3n) is 2.98. The molecule has 3 nitrogen and oxygen atoms in total. The molecule has 0 radical (unpaired) electrons. The lowest BCUT2D eigenvalue weighted by atomic mass is 10.1. The zero-order valence-corrected chi connectivity index (χ0v) is 10.1. The fraction of sp³-hybridized carbons (Fsp3) is 0.250. The molecular weight excluding hydrogens is 270 g/mol. The summed E-state index contributed by atoms with van der Waals surface area (Å²) >= 11 is 3.45. The molecule has 1 fully saturated rings. The minimum Gasteiger partial charge on any atom is -0.478 e. The smallest absolute Gasteiger partial charge is 0.336 e. The highest BCUT2D eigenvalue weighted by molar-refractivity contribution is 9.10. The molecule has 0 atom stereocenters. The van der Waals surface area contributed by atoms with Crippen molar-refractivity contribution in [2.75, 3.05) is 0 Å². The average molecular weight is 280 g/mol. The summed E-state index contributed by atoms with van der Waals surface area (Å²) in [6, 6.07) is 5.98. The van der Waals surface area contributed by atoms with Crippen LogP contribution in [0.15, 0.2) is 28.9 Å². The zero-order valence-electron chi connectivity index (χ0n) is 8.48. The molecule has 1 saturated carbocycles. The zero-order chi connectivity index (χ0) is 11.3. The van der Waals surface area contributed by atoms with E-state index in [9.17, 15) is 4.79 Å². The highest BCUT2D eigenvalue weighted by Gasteiger charge is 2.26. The van der Waals surface area contributed by atoms with E-state index in [-0.39, 0.29) is 0 Å². The van der Waals surface area contributed by atoms with E-state index in [0.29, 0.717) is 11.6 Å². The molecule has 0 saturated heterocycles. The van der Waals surface area contributed by atoms with Crippen molar-refractivity contribution in [2.24, 2.45) is 0 Å². The van der Waals surface area contributed by atoms with Crippen molar-refractivity contribution in [1.29, 1.82) is 0 Å². The van der Waals surface area contributed by atoms with Gasteiger partial charge in [0.2, 0.25) is 0 Å². The van der Waals surface area contributed by atoms with Gasteiger partial charge in [0, 0.05) is 22.1 Å². The molecule has 4 heteroatoms. The van der Waals surface area contributed by atoms with Crippen molar-refractivity contribution in [1.82, 2.24) is 4.57 Å². The number of halogens is 1. The number of aromatic nitrogens is 1. The van der Waals surface area contributed by atoms with Gasteiger partial charge in [-0.2, -0.15) is 0 Å². The predicted molar refractivity (Wildman–Crippen MR) is 64.9 cm³/mol. The molecule has 82 valence electrons. The second-order valence-corrected chi connectivity index (χ2v) is 4.97. The normalized spacial score (nSPS) is 15.6. The van der Waals surface area contributed by atoms with Crippen molar-refractivity contribution in [3.63, 3.8) is 0 Å². The lowest BCUT2D eigenvalue weighted by Crippen LogP contribution is -1.97. The van der Waals surface area contributed by atoms with Crippen LogP contribution < -0.4 is 0 Å². The maximum atomic E-state index is 11.1. The van der Waals surface area contributed by atoms with Gasteiger partial charge in [0.05, 0.1) is 11.1 Å². The Morgan fingerprint density at radius 1 is 1.44 bits per heavy atom. The first kappa shape index (κ1) is 9.90. The van der Waals surface area contributed by atoms with Gasteiger partial charge in [0.1, 0.15) is 0 Å². The number of hydrogen-bond acceptors (Lipinski definition) is 1. The van der Waals surface area contributed by atoms with E-state index < -0.39 is 5.97 Å². The number of rotatable bonds is 2. The van der Waals surface area contributed by atoms with E-state index >= 15 is 0 Å². The van der Waals surface area contributed by atoms with Crippen molar-refractivity contribution >= 4 is 32.8 Å². The van der Waals surface area contributed by atoms with Gasteiger partial charge in [-0.1, -0.05) is 6.07 Å². The first-order chi connectivity index (χ1) is 7.68. The molecule has 0 aliphatic heterocycles. The Hall–Kier alpha value is -1.29. The molecule has 1 heterocycles. The Balaban J connectivity index is 2.35. The topological polar surface area (TPSA) is 42.2 Å². The number of fused-ring (bicyclic) bond motifs is 1. The van der Waals surface area contributed by atoms with Gasteiger partial charge in [0.25, 0.3) is 0 Å². The van der Waals surface area contributed by atoms with Crippen LogP contribution in [0.5, 0.6) is 0 Å². The van der Waals surface area contributed by atoms with E-state index in [4.69, 9.17) is 5.11 Å². The lowest BCUT2D eigenvalue weighted by molar-refractivity contribution is 0.0699. The number of aromatic carboxylic acids is 1. The summed E-state index contributed by atoms with van der Waals surface area (Å²) < 4.78 is 3.04. The Morgan fingerprint density at radius 3 is 2.81 bits per heavy atom. The highest BCUT2D eigenvalue weighted by Crippen LogP contribution is 2.40. The van der Waals surface area contributed by atoms with Crippen LogP contribution in [0, 0.1) is 0 Å². The van der Waals surface area contributed by atoms with Crippen LogP contribution >= 0.6 is 15.9 Å². The molecule has 0 amide bonds. The number of benzene rings is 1. The van der Waals surface area contributed by atoms with Crippen molar-refractivity contribution in [3.8, 4) is 0 Å². The summed E-state index contributed by atoms with van der Waals surface area (Å²) in [7, 11) is 0. The van der Waals surface area contributed by atoms with E-state index in [1.165, 1.54) is 12.8 Å². The number of carbonyl (C=O) groups is 1. The Labute approximate surface area is 101 Å². The molecule has 16 heavy (non-hydrogen) atoms. The molecule has 1 aliphatic rings. The summed E-state index contributed by atoms with van der Waals surface area (Å²) in [5, 5.41) is 9.95. The first-order valence-electron chi connectivity index (χ1n) is 5.21. The van der Waals surface area contributed by atoms with E-state index in [1.54, 1.807) is 12.1 Å². The second kappa shape index (κ2) is 3.35. The number of hydrogen-bond donors (Lipinski definition) is 1. The van der Waals surface area contributed by atoms with Gasteiger partial charge in [-0.15, -0.1) is 0 Å². The summed E-state index contributed by atoms with van der Waals surface area (Å²) in [5.41, 5.74) is 1.37. The van der Waals surface area contributed by atoms with Gasteiger partial charge in [0.15, 0.2) is 0 Å². The number of carboxylic acids is 1. The monoisotopic (exact) mass is 279 g/mol. The van der Waals surface area contributed by atoms with Crippen LogP contribution in [0.4, 0.5) is 0 Å². The van der Waals surface area contributed by atoms with Gasteiger partial charge in [-0.3, -0.25) is 0 Å². The minimum atomic E-state index is -0.875. The Kier molecular flexibility index (Phi) is 2.07. The Morgan fingerprint density at radius 2 is 2.19 bits per heavy atom. The molecular formula is C12H10BrNO2. The van der Waals surface area contributed by atoms with E-state index in [2.05, 4.69) is 20.5 Å². The van der Waals surface area contributed by atoms with Crippen molar-refractivity contribution in [3.05, 3.63) is 34.4 Å². The maximum absolute atomic E-state index is 11.1. The first-order valence-corrected chi connectivity index (χ1v) is 6.00. The van der Waals surface area contributed by atoms with Crippen LogP contribution in [-0.2, 0) is 0 Å². The van der Waals surface area contributed by atoms with Crippen LogP contribution in [0.2, 0.25) is 0 Å². The molecule has 0 spiro atoms. The summed E-state index contributed by atoms with van der Waals surface area (Å²) in [6.45, 7) is 0. The number of nitrogens with zero attached hydrogens (tertiary/aromatic N) is 1. The second-order valence-electron chi connectivity index (χ2n) is 4.12. The molecule has 1 aromatic heterocycles. The molecule has 1 N–H and O–H groups in total. The van der Waals surface area contributed by atoms with Crippen molar-refractivity contribution in [2.45, 2.75) is 18.9 Å². The standard InChI is InChI=1S/C12H10BrNO2/c13-9-6-14(7-4-5-7)10-3-1-2-8(11(9)10)12(15)16/h1-3,6-7H,4-5H2,(H,15,16). The molecule has 0 bridgehead atoms. The molecule has 1 aliphatic carbocycles. The van der Waals surface area contributed by atoms with Crippen LogP contribution in [0.1, 0.15) is 29.2 Å². The fourth-order valence-electron chi connectivity index (χ4n) is 2.10. The third kappa shape index (κ3) is 1.37. The molecule has 0 unspecified atom stereocenters. The minimum absolute atomic E-state index is 0.365. The third-order valence-corrected chi connectivity index (χ3v) is 3.58. The maximum Gasteiger partial charge on any atom is 0.336 e. The summed E-state index contributed by atoms with van der Waals surface area (Å²) in [5.74, 6) is -0.875. The van der Waals surface area contributed by atoms with Gasteiger partial charge in [-0.25, -0.2) is 4.79 Å². The average Bonchev–Trinajstić information content (AvgIpc) is 3.04. The van der Waals surface area contributed by atoms with Gasteiger partial charge in [-0.05, 0) is 40.9 Å². The van der Waals surface area contributed by atoms with Crippen LogP contribution in [-0.4, -0.2) is 15.6 Å². The summed E-state index contributed by atoms with van der Waals surface area (Å²) in [6.07, 6.45) is 4.37.